The Bertz CT molecular complexity index is 969. The van der Waals surface area contributed by atoms with Crippen molar-refractivity contribution in [3.05, 3.63) is 66.0 Å². The summed E-state index contributed by atoms with van der Waals surface area (Å²) in [5.41, 5.74) is 3.13. The third-order valence-corrected chi connectivity index (χ3v) is 5.31. The van der Waals surface area contributed by atoms with E-state index in [-0.39, 0.29) is 11.7 Å². The molecule has 7 heteroatoms. The second kappa shape index (κ2) is 8.39. The molecule has 28 heavy (non-hydrogen) atoms. The fourth-order valence-corrected chi connectivity index (χ4v) is 3.65. The molecule has 4 rings (SSSR count). The van der Waals surface area contributed by atoms with Gasteiger partial charge in [0.15, 0.2) is 16.7 Å². The number of nitrogens with zero attached hydrogens (tertiary/aromatic N) is 2. The molecule has 0 unspecified atom stereocenters. The van der Waals surface area contributed by atoms with E-state index in [0.717, 1.165) is 11.7 Å². The number of carbonyl (C=O) groups excluding carboxylic acids is 1. The number of fused-ring (bicyclic) bond motifs is 1. The molecule has 1 amide bonds. The van der Waals surface area contributed by atoms with Crippen molar-refractivity contribution >= 4 is 23.4 Å². The second-order valence-electron chi connectivity index (χ2n) is 6.52. The number of aryl methyl sites for hydroxylation is 1. The predicted octanol–water partition coefficient (Wildman–Crippen LogP) is 3.74. The molecule has 0 radical (unpaired) electrons. The minimum absolute atomic E-state index is 0.0911. The summed E-state index contributed by atoms with van der Waals surface area (Å²) in [5.74, 6) is 1.55. The van der Waals surface area contributed by atoms with Crippen molar-refractivity contribution in [3.8, 4) is 11.5 Å². The van der Waals surface area contributed by atoms with Gasteiger partial charge in [-0.3, -0.25) is 4.79 Å². The number of ether oxygens (including phenoxy) is 2. The van der Waals surface area contributed by atoms with E-state index in [1.807, 2.05) is 22.9 Å². The van der Waals surface area contributed by atoms with Crippen molar-refractivity contribution in [3.63, 3.8) is 0 Å². The maximum atomic E-state index is 12.3. The monoisotopic (exact) mass is 395 g/mol. The number of rotatable bonds is 6. The van der Waals surface area contributed by atoms with Gasteiger partial charge in [0.2, 0.25) is 5.91 Å². The first-order valence-electron chi connectivity index (χ1n) is 9.06. The zero-order chi connectivity index (χ0) is 19.3. The maximum absolute atomic E-state index is 12.3. The number of amides is 1. The third kappa shape index (κ3) is 4.48. The Hall–Kier alpha value is -2.93. The van der Waals surface area contributed by atoms with Crippen molar-refractivity contribution < 1.29 is 14.3 Å². The lowest BCUT2D eigenvalue weighted by Gasteiger charge is -2.19. The van der Waals surface area contributed by atoms with Gasteiger partial charge >= 0.3 is 0 Å². The molecule has 0 saturated heterocycles. The van der Waals surface area contributed by atoms with E-state index in [4.69, 9.17) is 9.47 Å². The Morgan fingerprint density at radius 1 is 1.14 bits per heavy atom. The number of benzene rings is 2. The zero-order valence-electron chi connectivity index (χ0n) is 15.6. The molecule has 1 N–H and O–H groups in total. The Balaban J connectivity index is 1.34. The van der Waals surface area contributed by atoms with Gasteiger partial charge in [0.05, 0.1) is 5.75 Å². The molecule has 0 saturated carbocycles. The molecule has 1 aromatic heterocycles. The van der Waals surface area contributed by atoms with Crippen LogP contribution >= 0.6 is 11.8 Å². The minimum atomic E-state index is -0.0911. The lowest BCUT2D eigenvalue weighted by atomic mass is 10.1. The molecule has 144 valence electrons. The zero-order valence-corrected chi connectivity index (χ0v) is 16.4. The van der Waals surface area contributed by atoms with Crippen LogP contribution in [0, 0.1) is 6.92 Å². The maximum Gasteiger partial charge on any atom is 0.234 e. The Kier molecular flexibility index (Phi) is 5.53. The Labute approximate surface area is 167 Å². The smallest absolute Gasteiger partial charge is 0.234 e. The standard InChI is InChI=1S/C21H21N3O3S/c1-15-2-4-16(5-3-15)13-24-9-8-22-21(24)28-14-20(25)23-17-6-7-18-19(12-17)27-11-10-26-18/h2-9,12H,10-11,13-14H2,1H3,(H,23,25). The van der Waals surface area contributed by atoms with Crippen LogP contribution in [-0.4, -0.2) is 34.4 Å². The SMILES string of the molecule is Cc1ccc(Cn2ccnc2SCC(=O)Nc2ccc3c(c2)OCCO3)cc1. The van der Waals surface area contributed by atoms with E-state index in [0.29, 0.717) is 30.4 Å². The number of aromatic nitrogens is 2. The Morgan fingerprint density at radius 3 is 2.75 bits per heavy atom. The first kappa shape index (κ1) is 18.4. The quantitative estimate of drug-likeness (QED) is 0.644. The Morgan fingerprint density at radius 2 is 1.93 bits per heavy atom. The molecule has 2 aromatic carbocycles. The number of thioether (sulfide) groups is 1. The van der Waals surface area contributed by atoms with Crippen LogP contribution in [0.1, 0.15) is 11.1 Å². The van der Waals surface area contributed by atoms with Gasteiger partial charge in [-0.15, -0.1) is 0 Å². The highest BCUT2D eigenvalue weighted by Gasteiger charge is 2.13. The largest absolute Gasteiger partial charge is 0.486 e. The van der Waals surface area contributed by atoms with Gasteiger partial charge < -0.3 is 19.4 Å². The highest BCUT2D eigenvalue weighted by Crippen LogP contribution is 2.32. The van der Waals surface area contributed by atoms with Gasteiger partial charge in [-0.05, 0) is 24.6 Å². The topological polar surface area (TPSA) is 65.4 Å². The van der Waals surface area contributed by atoms with E-state index in [1.54, 1.807) is 12.3 Å². The summed E-state index contributed by atoms with van der Waals surface area (Å²) in [6, 6.07) is 13.8. The van der Waals surface area contributed by atoms with E-state index >= 15 is 0 Å². The summed E-state index contributed by atoms with van der Waals surface area (Å²) in [7, 11) is 0. The molecular formula is C21H21N3O3S. The number of hydrogen-bond donors (Lipinski definition) is 1. The number of imidazole rings is 1. The summed E-state index contributed by atoms with van der Waals surface area (Å²) >= 11 is 1.42. The molecule has 3 aromatic rings. The van der Waals surface area contributed by atoms with Gasteiger partial charge in [0.1, 0.15) is 13.2 Å². The fourth-order valence-electron chi connectivity index (χ4n) is 2.89. The molecular weight excluding hydrogens is 374 g/mol. The van der Waals surface area contributed by atoms with Gasteiger partial charge in [0.25, 0.3) is 0 Å². The van der Waals surface area contributed by atoms with Gasteiger partial charge in [-0.1, -0.05) is 41.6 Å². The summed E-state index contributed by atoms with van der Waals surface area (Å²) in [4.78, 5) is 16.7. The summed E-state index contributed by atoms with van der Waals surface area (Å²) in [6.45, 7) is 3.86. The lowest BCUT2D eigenvalue weighted by molar-refractivity contribution is -0.113. The molecule has 2 heterocycles. The average Bonchev–Trinajstić information content (AvgIpc) is 3.15. The molecule has 1 aliphatic heterocycles. The molecule has 0 aliphatic carbocycles. The van der Waals surface area contributed by atoms with Crippen LogP contribution in [0.15, 0.2) is 60.0 Å². The van der Waals surface area contributed by atoms with Crippen LogP contribution in [0.4, 0.5) is 5.69 Å². The predicted molar refractivity (Wildman–Crippen MR) is 109 cm³/mol. The van der Waals surface area contributed by atoms with Crippen LogP contribution < -0.4 is 14.8 Å². The molecule has 6 nitrogen and oxygen atoms in total. The van der Waals surface area contributed by atoms with E-state index in [2.05, 4.69) is 41.5 Å². The third-order valence-electron chi connectivity index (χ3n) is 4.31. The molecule has 0 spiro atoms. The van der Waals surface area contributed by atoms with Gasteiger partial charge in [-0.25, -0.2) is 4.98 Å². The van der Waals surface area contributed by atoms with Crippen LogP contribution in [0.2, 0.25) is 0 Å². The molecule has 1 aliphatic rings. The normalized spacial score (nSPS) is 12.6. The van der Waals surface area contributed by atoms with Gasteiger partial charge in [0, 0.05) is 30.7 Å². The summed E-state index contributed by atoms with van der Waals surface area (Å²) in [6.07, 6.45) is 3.69. The molecule has 0 atom stereocenters. The molecule has 0 bridgehead atoms. The molecule has 0 fully saturated rings. The lowest BCUT2D eigenvalue weighted by Crippen LogP contribution is -2.17. The van der Waals surface area contributed by atoms with Crippen LogP contribution in [-0.2, 0) is 11.3 Å². The first-order chi connectivity index (χ1) is 13.7. The van der Waals surface area contributed by atoms with Crippen LogP contribution in [0.25, 0.3) is 0 Å². The minimum Gasteiger partial charge on any atom is -0.486 e. The summed E-state index contributed by atoms with van der Waals surface area (Å²) in [5, 5.41) is 3.72. The highest BCUT2D eigenvalue weighted by atomic mass is 32.2. The average molecular weight is 395 g/mol. The number of nitrogens with one attached hydrogen (secondary N) is 1. The van der Waals surface area contributed by atoms with Crippen molar-refractivity contribution in [2.24, 2.45) is 0 Å². The highest BCUT2D eigenvalue weighted by molar-refractivity contribution is 7.99. The number of hydrogen-bond acceptors (Lipinski definition) is 5. The number of anilines is 1. The van der Waals surface area contributed by atoms with E-state index < -0.39 is 0 Å². The fraction of sp³-hybridized carbons (Fsp3) is 0.238. The van der Waals surface area contributed by atoms with E-state index in [9.17, 15) is 4.79 Å². The van der Waals surface area contributed by atoms with Crippen molar-refractivity contribution in [1.82, 2.24) is 9.55 Å². The van der Waals surface area contributed by atoms with Crippen molar-refractivity contribution in [2.45, 2.75) is 18.6 Å². The van der Waals surface area contributed by atoms with Crippen LogP contribution in [0.5, 0.6) is 11.5 Å². The van der Waals surface area contributed by atoms with Crippen LogP contribution in [0.3, 0.4) is 0 Å². The van der Waals surface area contributed by atoms with Gasteiger partial charge in [-0.2, -0.15) is 0 Å². The summed E-state index contributed by atoms with van der Waals surface area (Å²) < 4.78 is 13.1. The van der Waals surface area contributed by atoms with E-state index in [1.165, 1.54) is 22.9 Å². The van der Waals surface area contributed by atoms with Crippen molar-refractivity contribution in [1.29, 1.82) is 0 Å². The number of carbonyl (C=O) groups is 1. The first-order valence-corrected chi connectivity index (χ1v) is 10.0. The second-order valence-corrected chi connectivity index (χ2v) is 7.46. The van der Waals surface area contributed by atoms with Crippen molar-refractivity contribution in [2.75, 3.05) is 24.3 Å².